The van der Waals surface area contributed by atoms with Gasteiger partial charge in [-0.2, -0.15) is 0 Å². The molecule has 0 radical (unpaired) electrons. The molecule has 0 aliphatic rings. The molecule has 0 saturated heterocycles. The molecule has 0 aliphatic carbocycles. The Bertz CT molecular complexity index is 479. The molecule has 0 atom stereocenters. The second-order valence-electron chi connectivity index (χ2n) is 3.56. The van der Waals surface area contributed by atoms with Crippen LogP contribution in [0.5, 0.6) is 0 Å². The lowest BCUT2D eigenvalue weighted by atomic mass is 10.3. The van der Waals surface area contributed by atoms with Crippen molar-refractivity contribution >= 4 is 37.0 Å². The van der Waals surface area contributed by atoms with Gasteiger partial charge in [0.25, 0.3) is 9.05 Å². The molecule has 0 aliphatic heterocycles. The monoisotopic (exact) mass is 281 g/mol. The third kappa shape index (κ3) is 4.11. The minimum absolute atomic E-state index is 0.0708. The smallest absolute Gasteiger partial charge is 0.270 e. The zero-order chi connectivity index (χ0) is 12.3. The van der Waals surface area contributed by atoms with Crippen molar-refractivity contribution in [2.75, 3.05) is 0 Å². The van der Waals surface area contributed by atoms with Crippen molar-refractivity contribution in [2.24, 2.45) is 0 Å². The van der Waals surface area contributed by atoms with Gasteiger partial charge in [0.15, 0.2) is 0 Å². The van der Waals surface area contributed by atoms with E-state index in [-0.39, 0.29) is 22.6 Å². The van der Waals surface area contributed by atoms with Crippen molar-refractivity contribution in [3.8, 4) is 0 Å². The van der Waals surface area contributed by atoms with Gasteiger partial charge in [0.2, 0.25) is 5.91 Å². The molecular formula is C9H12ClNO3S2. The topological polar surface area (TPSA) is 63.2 Å². The molecule has 0 spiro atoms. The Morgan fingerprint density at radius 2 is 2.12 bits per heavy atom. The van der Waals surface area contributed by atoms with E-state index >= 15 is 0 Å². The molecule has 1 rings (SSSR count). The third-order valence-corrected chi connectivity index (χ3v) is 4.84. The van der Waals surface area contributed by atoms with Crippen LogP contribution in [0.1, 0.15) is 18.7 Å². The van der Waals surface area contributed by atoms with E-state index in [9.17, 15) is 13.2 Å². The molecule has 4 nitrogen and oxygen atoms in total. The number of carbonyl (C=O) groups is 1. The Morgan fingerprint density at radius 3 is 2.56 bits per heavy atom. The Balaban J connectivity index is 2.70. The highest BCUT2D eigenvalue weighted by molar-refractivity contribution is 8.15. The van der Waals surface area contributed by atoms with Crippen LogP contribution in [0.25, 0.3) is 0 Å². The lowest BCUT2D eigenvalue weighted by Gasteiger charge is -2.06. The van der Waals surface area contributed by atoms with Gasteiger partial charge in [0.1, 0.15) is 4.21 Å². The van der Waals surface area contributed by atoms with Crippen molar-refractivity contribution in [2.45, 2.75) is 30.5 Å². The van der Waals surface area contributed by atoms with Crippen LogP contribution in [0.3, 0.4) is 0 Å². The van der Waals surface area contributed by atoms with E-state index < -0.39 is 9.05 Å². The van der Waals surface area contributed by atoms with Crippen LogP contribution >= 0.6 is 22.0 Å². The molecule has 7 heteroatoms. The lowest BCUT2D eigenvalue weighted by Crippen LogP contribution is -2.31. The Kier molecular flexibility index (Phi) is 4.35. The highest BCUT2D eigenvalue weighted by atomic mass is 35.7. The van der Waals surface area contributed by atoms with E-state index in [1.165, 1.54) is 6.07 Å². The maximum absolute atomic E-state index is 11.4. The Morgan fingerprint density at radius 1 is 1.50 bits per heavy atom. The summed E-state index contributed by atoms with van der Waals surface area (Å²) in [5.74, 6) is -0.129. The lowest BCUT2D eigenvalue weighted by molar-refractivity contribution is -0.120. The van der Waals surface area contributed by atoms with E-state index in [1.54, 1.807) is 6.07 Å². The van der Waals surface area contributed by atoms with Gasteiger partial charge in [0, 0.05) is 21.6 Å². The number of amides is 1. The summed E-state index contributed by atoms with van der Waals surface area (Å²) in [6.07, 6.45) is 0.176. The molecule has 90 valence electrons. The normalized spacial score (nSPS) is 11.8. The SMILES string of the molecule is CC(C)NC(=O)Cc1ccc(S(=O)(=O)Cl)s1. The first-order valence-corrected chi connectivity index (χ1v) is 7.74. The average molecular weight is 282 g/mol. The first kappa shape index (κ1) is 13.5. The first-order chi connectivity index (χ1) is 7.29. The molecule has 16 heavy (non-hydrogen) atoms. The quantitative estimate of drug-likeness (QED) is 0.855. The number of rotatable bonds is 4. The summed E-state index contributed by atoms with van der Waals surface area (Å²) in [6, 6.07) is 3.08. The molecule has 1 aromatic rings. The predicted octanol–water partition coefficient (Wildman–Crippen LogP) is 1.74. The molecule has 0 fully saturated rings. The standard InChI is InChI=1S/C9H12ClNO3S2/c1-6(2)11-8(12)5-7-3-4-9(15-7)16(10,13)14/h3-4,6H,5H2,1-2H3,(H,11,12). The minimum atomic E-state index is -3.68. The maximum Gasteiger partial charge on any atom is 0.270 e. The molecule has 0 bridgehead atoms. The fraction of sp³-hybridized carbons (Fsp3) is 0.444. The zero-order valence-corrected chi connectivity index (χ0v) is 11.2. The minimum Gasteiger partial charge on any atom is -0.354 e. The van der Waals surface area contributed by atoms with Crippen LogP contribution in [0.4, 0.5) is 0 Å². The summed E-state index contributed by atoms with van der Waals surface area (Å²) < 4.78 is 22.0. The van der Waals surface area contributed by atoms with E-state index in [0.717, 1.165) is 11.3 Å². The van der Waals surface area contributed by atoms with Gasteiger partial charge in [-0.05, 0) is 26.0 Å². The maximum atomic E-state index is 11.4. The number of hydrogen-bond acceptors (Lipinski definition) is 4. The highest BCUT2D eigenvalue weighted by Gasteiger charge is 2.14. The average Bonchev–Trinajstić information content (AvgIpc) is 2.49. The van der Waals surface area contributed by atoms with Gasteiger partial charge in [0.05, 0.1) is 6.42 Å². The van der Waals surface area contributed by atoms with Crippen molar-refractivity contribution in [3.63, 3.8) is 0 Å². The number of thiophene rings is 1. The van der Waals surface area contributed by atoms with Gasteiger partial charge < -0.3 is 5.32 Å². The van der Waals surface area contributed by atoms with Crippen LogP contribution in [0.15, 0.2) is 16.3 Å². The van der Waals surface area contributed by atoms with Crippen LogP contribution in [0, 0.1) is 0 Å². The molecule has 1 N–H and O–H groups in total. The predicted molar refractivity (Wildman–Crippen MR) is 64.3 cm³/mol. The third-order valence-electron chi connectivity index (χ3n) is 1.66. The van der Waals surface area contributed by atoms with E-state index in [1.807, 2.05) is 13.8 Å². The summed E-state index contributed by atoms with van der Waals surface area (Å²) in [4.78, 5) is 12.1. The Hall–Kier alpha value is -0.590. The summed E-state index contributed by atoms with van der Waals surface area (Å²) in [5.41, 5.74) is 0. The van der Waals surface area contributed by atoms with Gasteiger partial charge >= 0.3 is 0 Å². The van der Waals surface area contributed by atoms with E-state index in [4.69, 9.17) is 10.7 Å². The number of nitrogens with one attached hydrogen (secondary N) is 1. The number of halogens is 1. The largest absolute Gasteiger partial charge is 0.354 e. The molecule has 1 heterocycles. The van der Waals surface area contributed by atoms with Crippen LogP contribution in [-0.2, 0) is 20.3 Å². The van der Waals surface area contributed by atoms with Gasteiger partial charge in [-0.3, -0.25) is 4.79 Å². The second kappa shape index (κ2) is 5.16. The Labute approximate surface area is 103 Å². The van der Waals surface area contributed by atoms with Crippen molar-refractivity contribution in [1.82, 2.24) is 5.32 Å². The fourth-order valence-electron chi connectivity index (χ4n) is 1.12. The highest BCUT2D eigenvalue weighted by Crippen LogP contribution is 2.24. The van der Waals surface area contributed by atoms with Crippen LogP contribution in [-0.4, -0.2) is 20.4 Å². The number of carbonyl (C=O) groups excluding carboxylic acids is 1. The molecular weight excluding hydrogens is 270 g/mol. The van der Waals surface area contributed by atoms with Crippen molar-refractivity contribution in [1.29, 1.82) is 0 Å². The molecule has 0 aromatic carbocycles. The molecule has 1 amide bonds. The van der Waals surface area contributed by atoms with E-state index in [2.05, 4.69) is 5.32 Å². The van der Waals surface area contributed by atoms with Crippen molar-refractivity contribution < 1.29 is 13.2 Å². The molecule has 0 unspecified atom stereocenters. The first-order valence-electron chi connectivity index (χ1n) is 4.62. The zero-order valence-electron chi connectivity index (χ0n) is 8.86. The molecule has 1 aromatic heterocycles. The van der Waals surface area contributed by atoms with Gasteiger partial charge in [-0.15, -0.1) is 11.3 Å². The summed E-state index contributed by atoms with van der Waals surface area (Å²) in [6.45, 7) is 3.72. The summed E-state index contributed by atoms with van der Waals surface area (Å²) >= 11 is 1.01. The molecule has 0 saturated carbocycles. The summed E-state index contributed by atoms with van der Waals surface area (Å²) in [7, 11) is 1.49. The van der Waals surface area contributed by atoms with Crippen LogP contribution < -0.4 is 5.32 Å². The fourth-order valence-corrected chi connectivity index (χ4v) is 3.24. The van der Waals surface area contributed by atoms with Gasteiger partial charge in [-0.25, -0.2) is 8.42 Å². The second-order valence-corrected chi connectivity index (χ2v) is 7.52. The van der Waals surface area contributed by atoms with Crippen LogP contribution in [0.2, 0.25) is 0 Å². The van der Waals surface area contributed by atoms with E-state index in [0.29, 0.717) is 4.88 Å². The van der Waals surface area contributed by atoms with Gasteiger partial charge in [-0.1, -0.05) is 0 Å². The number of hydrogen-bond donors (Lipinski definition) is 1. The summed E-state index contributed by atoms with van der Waals surface area (Å²) in [5, 5.41) is 2.72. The van der Waals surface area contributed by atoms with Crippen molar-refractivity contribution in [3.05, 3.63) is 17.0 Å².